The molecule has 2 aliphatic rings. The molecule has 3 rings (SSSR count). The number of likely N-dealkylation sites (N-methyl/N-ethyl adjacent to an activating group) is 1. The highest BCUT2D eigenvalue weighted by Gasteiger charge is 2.22. The first-order chi connectivity index (χ1) is 12.5. The van der Waals surface area contributed by atoms with Gasteiger partial charge in [0.25, 0.3) is 5.91 Å². The third kappa shape index (κ3) is 4.75. The summed E-state index contributed by atoms with van der Waals surface area (Å²) in [5.41, 5.74) is 0.772. The van der Waals surface area contributed by atoms with Gasteiger partial charge in [-0.15, -0.1) is 0 Å². The largest absolute Gasteiger partial charge is 0.493 e. The van der Waals surface area contributed by atoms with Crippen LogP contribution in [0.4, 0.5) is 0 Å². The average Bonchev–Trinajstić information content (AvgIpc) is 2.59. The molecule has 1 saturated carbocycles. The summed E-state index contributed by atoms with van der Waals surface area (Å²) < 4.78 is 10.7. The number of nitrogens with one attached hydrogen (secondary N) is 1. The molecule has 1 aromatic carbocycles. The van der Waals surface area contributed by atoms with E-state index >= 15 is 0 Å². The van der Waals surface area contributed by atoms with Gasteiger partial charge in [-0.3, -0.25) is 4.79 Å². The van der Waals surface area contributed by atoms with E-state index in [4.69, 9.17) is 9.47 Å². The number of hydrogen-bond acceptors (Lipinski definition) is 5. The molecule has 1 unspecified atom stereocenters. The highest BCUT2D eigenvalue weighted by atomic mass is 16.5. The second-order valence-corrected chi connectivity index (χ2v) is 7.42. The molecule has 6 heteroatoms. The number of rotatable bonds is 6. The maximum absolute atomic E-state index is 12.7. The lowest BCUT2D eigenvalue weighted by molar-refractivity contribution is 0.0600. The van der Waals surface area contributed by atoms with Gasteiger partial charge in [-0.25, -0.2) is 4.79 Å². The fourth-order valence-corrected chi connectivity index (χ4v) is 3.48. The van der Waals surface area contributed by atoms with Crippen molar-refractivity contribution in [3.8, 4) is 5.75 Å². The molecule has 2 fully saturated rings. The number of methoxy groups -OCH3 is 1. The zero-order valence-corrected chi connectivity index (χ0v) is 15.6. The van der Waals surface area contributed by atoms with Crippen molar-refractivity contribution in [2.75, 3.05) is 33.9 Å². The lowest BCUT2D eigenvalue weighted by Crippen LogP contribution is -2.46. The van der Waals surface area contributed by atoms with E-state index in [0.717, 1.165) is 25.9 Å². The zero-order chi connectivity index (χ0) is 18.5. The fourth-order valence-electron chi connectivity index (χ4n) is 3.48. The van der Waals surface area contributed by atoms with Crippen LogP contribution in [-0.2, 0) is 4.74 Å². The summed E-state index contributed by atoms with van der Waals surface area (Å²) in [4.78, 5) is 26.9. The number of carbonyl (C=O) groups excluding carboxylic acids is 2. The number of esters is 1. The van der Waals surface area contributed by atoms with Crippen molar-refractivity contribution in [2.24, 2.45) is 5.92 Å². The van der Waals surface area contributed by atoms with Crippen LogP contribution < -0.4 is 10.1 Å². The smallest absolute Gasteiger partial charge is 0.338 e. The second-order valence-electron chi connectivity index (χ2n) is 7.42. The van der Waals surface area contributed by atoms with Crippen LogP contribution in [0.2, 0.25) is 0 Å². The van der Waals surface area contributed by atoms with Crippen molar-refractivity contribution in [3.63, 3.8) is 0 Å². The van der Waals surface area contributed by atoms with Crippen LogP contribution in [0.25, 0.3) is 0 Å². The van der Waals surface area contributed by atoms with Gasteiger partial charge in [-0.05, 0) is 63.4 Å². The molecular weight excluding hydrogens is 332 g/mol. The molecular formula is C20H28N2O4. The van der Waals surface area contributed by atoms with E-state index in [-0.39, 0.29) is 11.9 Å². The number of benzene rings is 1. The first-order valence-corrected chi connectivity index (χ1v) is 9.41. The predicted octanol–water partition coefficient (Wildman–Crippen LogP) is 2.48. The van der Waals surface area contributed by atoms with Crippen molar-refractivity contribution in [1.29, 1.82) is 0 Å². The van der Waals surface area contributed by atoms with Crippen molar-refractivity contribution >= 4 is 11.9 Å². The van der Waals surface area contributed by atoms with Gasteiger partial charge in [-0.2, -0.15) is 0 Å². The van der Waals surface area contributed by atoms with E-state index < -0.39 is 5.97 Å². The summed E-state index contributed by atoms with van der Waals surface area (Å²) >= 11 is 0. The molecule has 26 heavy (non-hydrogen) atoms. The average molecular weight is 360 g/mol. The molecule has 1 atom stereocenters. The van der Waals surface area contributed by atoms with Gasteiger partial charge in [0, 0.05) is 18.2 Å². The molecule has 1 aliphatic heterocycles. The monoisotopic (exact) mass is 360 g/mol. The van der Waals surface area contributed by atoms with E-state index in [1.165, 1.54) is 26.4 Å². The molecule has 1 aliphatic carbocycles. The summed E-state index contributed by atoms with van der Waals surface area (Å²) in [6.45, 7) is 2.52. The van der Waals surface area contributed by atoms with Crippen LogP contribution in [-0.4, -0.2) is 56.7 Å². The number of amides is 1. The summed E-state index contributed by atoms with van der Waals surface area (Å²) in [7, 11) is 3.39. The molecule has 1 saturated heterocycles. The van der Waals surface area contributed by atoms with Crippen LogP contribution in [0, 0.1) is 5.92 Å². The highest BCUT2D eigenvalue weighted by Crippen LogP contribution is 2.28. The zero-order valence-electron chi connectivity index (χ0n) is 15.6. The molecule has 1 amide bonds. The number of ether oxygens (including phenoxy) is 2. The Morgan fingerprint density at radius 2 is 1.92 bits per heavy atom. The van der Waals surface area contributed by atoms with Crippen LogP contribution in [0.3, 0.4) is 0 Å². The summed E-state index contributed by atoms with van der Waals surface area (Å²) in [5, 5.41) is 3.08. The molecule has 6 nitrogen and oxygen atoms in total. The van der Waals surface area contributed by atoms with E-state index in [1.807, 2.05) is 0 Å². The Labute approximate surface area is 154 Å². The Kier molecular flexibility index (Phi) is 6.14. The first-order valence-electron chi connectivity index (χ1n) is 9.41. The van der Waals surface area contributed by atoms with Crippen molar-refractivity contribution < 1.29 is 19.1 Å². The second kappa shape index (κ2) is 8.54. The van der Waals surface area contributed by atoms with Crippen LogP contribution in [0.5, 0.6) is 5.75 Å². The molecule has 0 radical (unpaired) electrons. The molecule has 1 aromatic rings. The number of hydrogen-bond donors (Lipinski definition) is 1. The van der Waals surface area contributed by atoms with Crippen molar-refractivity contribution in [1.82, 2.24) is 10.2 Å². The maximum Gasteiger partial charge on any atom is 0.338 e. The number of likely N-dealkylation sites (tertiary alicyclic amines) is 1. The van der Waals surface area contributed by atoms with Gasteiger partial charge in [-0.1, -0.05) is 6.42 Å². The van der Waals surface area contributed by atoms with Crippen molar-refractivity contribution in [3.05, 3.63) is 29.3 Å². The molecule has 0 bridgehead atoms. The highest BCUT2D eigenvalue weighted by molar-refractivity contribution is 5.98. The van der Waals surface area contributed by atoms with Gasteiger partial charge < -0.3 is 19.7 Å². The SMILES string of the molecule is COC(=O)c1cc(OCC2CCC2)cc(C(=O)NC2CCCN(C)C2)c1. The van der Waals surface area contributed by atoms with Gasteiger partial charge in [0.05, 0.1) is 19.3 Å². The van der Waals surface area contributed by atoms with E-state index in [9.17, 15) is 9.59 Å². The quantitative estimate of drug-likeness (QED) is 0.790. The Hall–Kier alpha value is -2.08. The fraction of sp³-hybridized carbons (Fsp3) is 0.600. The van der Waals surface area contributed by atoms with E-state index in [2.05, 4.69) is 17.3 Å². The molecule has 0 spiro atoms. The lowest BCUT2D eigenvalue weighted by atomic mass is 9.86. The Morgan fingerprint density at radius 3 is 2.58 bits per heavy atom. The van der Waals surface area contributed by atoms with Crippen molar-refractivity contribution in [2.45, 2.75) is 38.1 Å². The minimum absolute atomic E-state index is 0.127. The summed E-state index contributed by atoms with van der Waals surface area (Å²) in [6.07, 6.45) is 5.65. The number of nitrogens with zero attached hydrogens (tertiary/aromatic N) is 1. The summed E-state index contributed by atoms with van der Waals surface area (Å²) in [6, 6.07) is 5.06. The van der Waals surface area contributed by atoms with Gasteiger partial charge in [0.15, 0.2) is 0 Å². The predicted molar refractivity (Wildman–Crippen MR) is 98.6 cm³/mol. The standard InChI is InChI=1S/C20H28N2O4/c1-22-8-4-7-17(12-22)21-19(23)15-9-16(20(24)25-2)11-18(10-15)26-13-14-5-3-6-14/h9-11,14,17H,3-8,12-13H2,1-2H3,(H,21,23). The minimum atomic E-state index is -0.467. The first kappa shape index (κ1) is 18.7. The molecule has 0 aromatic heterocycles. The summed E-state index contributed by atoms with van der Waals surface area (Å²) in [5.74, 6) is 0.479. The Balaban J connectivity index is 1.72. The minimum Gasteiger partial charge on any atom is -0.493 e. The van der Waals surface area contributed by atoms with E-state index in [1.54, 1.807) is 18.2 Å². The molecule has 1 heterocycles. The maximum atomic E-state index is 12.7. The number of carbonyl (C=O) groups is 2. The molecule has 142 valence electrons. The lowest BCUT2D eigenvalue weighted by Gasteiger charge is -2.30. The van der Waals surface area contributed by atoms with Crippen LogP contribution in [0.1, 0.15) is 52.8 Å². The number of piperidine rings is 1. The topological polar surface area (TPSA) is 67.9 Å². The third-order valence-corrected chi connectivity index (χ3v) is 5.26. The van der Waals surface area contributed by atoms with Gasteiger partial charge >= 0.3 is 5.97 Å². The van der Waals surface area contributed by atoms with Crippen LogP contribution >= 0.6 is 0 Å². The van der Waals surface area contributed by atoms with Crippen LogP contribution in [0.15, 0.2) is 18.2 Å². The third-order valence-electron chi connectivity index (χ3n) is 5.26. The van der Waals surface area contributed by atoms with Gasteiger partial charge in [0.1, 0.15) is 5.75 Å². The van der Waals surface area contributed by atoms with Gasteiger partial charge in [0.2, 0.25) is 0 Å². The normalized spacial score (nSPS) is 20.9. The Bertz CT molecular complexity index is 657. The Morgan fingerprint density at radius 1 is 1.15 bits per heavy atom. The molecule has 1 N–H and O–H groups in total. The van der Waals surface area contributed by atoms with E-state index in [0.29, 0.717) is 29.4 Å².